The standard InChI is InChI=1S/C20H32NP.C6H3F2O2S.Au.ClH/c1-21(2)19-15-9-10-16-20(19)22(17-11-5-3-6-12-17)18-13-7-4-8-14-18;7-5-3-1-2-4-6(5)10-11(8)9;;/h9-10,15-18H,3-8,11-14H2,1-2H3;1-2,4H;;1H/q;-1;+1;. The summed E-state index contributed by atoms with van der Waals surface area (Å²) in [4.78, 5) is 2.35. The Balaban J connectivity index is 0.000000280. The molecule has 0 amide bonds. The van der Waals surface area contributed by atoms with Crippen LogP contribution in [0.15, 0.2) is 42.5 Å². The first-order valence-electron chi connectivity index (χ1n) is 12.1. The molecular formula is C26H36AuClF2NO2PS. The molecule has 0 radical (unpaired) electrons. The zero-order chi connectivity index (χ0) is 25.6. The summed E-state index contributed by atoms with van der Waals surface area (Å²) in [6.07, 6.45) is 14.9. The number of halogens is 3. The number of benzene rings is 2. The predicted molar refractivity (Wildman–Crippen MR) is 143 cm³/mol. The van der Waals surface area contributed by atoms with Crippen molar-refractivity contribution in [2.45, 2.75) is 75.5 Å². The summed E-state index contributed by atoms with van der Waals surface area (Å²) in [6.45, 7) is 0. The van der Waals surface area contributed by atoms with E-state index < -0.39 is 31.0 Å². The number of hydrogen-bond acceptors (Lipinski definition) is 3. The topological polar surface area (TPSA) is 29.5 Å². The molecule has 9 heteroatoms. The predicted octanol–water partition coefficient (Wildman–Crippen LogP) is 7.50. The molecule has 0 spiro atoms. The summed E-state index contributed by atoms with van der Waals surface area (Å²) in [6, 6.07) is 15.3. The van der Waals surface area contributed by atoms with Gasteiger partial charge in [-0.15, -0.1) is 12.1 Å². The molecule has 0 aliphatic heterocycles. The zero-order valence-corrected chi connectivity index (χ0v) is 25.1. The fraction of sp³-hybridized carbons (Fsp3) is 0.538. The second-order valence-corrected chi connectivity index (χ2v) is 12.8. The van der Waals surface area contributed by atoms with Crippen molar-refractivity contribution < 1.29 is 36.7 Å². The van der Waals surface area contributed by atoms with Crippen molar-refractivity contribution in [2.75, 3.05) is 19.0 Å². The third kappa shape index (κ3) is 10.1. The van der Waals surface area contributed by atoms with E-state index >= 15 is 0 Å². The summed E-state index contributed by atoms with van der Waals surface area (Å²) in [5, 5.41) is 1.75. The molecule has 0 aromatic heterocycles. The number of para-hydroxylation sites is 1. The van der Waals surface area contributed by atoms with Gasteiger partial charge in [0.25, 0.3) is 0 Å². The molecular weight excluding hydrogens is 692 g/mol. The minimum absolute atomic E-state index is 0.409. The molecule has 1 unspecified atom stereocenters. The van der Waals surface area contributed by atoms with Gasteiger partial charge in [0.05, 0.1) is 28.6 Å². The molecule has 2 fully saturated rings. The van der Waals surface area contributed by atoms with Gasteiger partial charge in [-0.2, -0.15) is 16.3 Å². The fourth-order valence-corrected chi connectivity index (χ4v) is 10.0. The van der Waals surface area contributed by atoms with E-state index in [0.29, 0.717) is 0 Å². The molecule has 2 saturated carbocycles. The molecule has 200 valence electrons. The maximum absolute atomic E-state index is 12.5. The molecule has 2 aliphatic rings. The Bertz CT molecular complexity index is 881. The Kier molecular flexibility index (Phi) is 15.0. The number of rotatable bonds is 6. The Morgan fingerprint density at radius 3 is 2.00 bits per heavy atom. The number of nitrogens with zero attached hydrogens (tertiary/aromatic N) is 1. The fourth-order valence-electron chi connectivity index (χ4n) is 5.24. The molecule has 35 heavy (non-hydrogen) atoms. The molecule has 3 nitrogen and oxygen atoms in total. The van der Waals surface area contributed by atoms with Gasteiger partial charge in [0, 0.05) is 22.0 Å². The molecule has 1 atom stereocenters. The van der Waals surface area contributed by atoms with Gasteiger partial charge in [-0.05, 0) is 63.5 Å². The van der Waals surface area contributed by atoms with Crippen LogP contribution in [0.25, 0.3) is 0 Å². The molecule has 2 aliphatic carbocycles. The normalized spacial score (nSPS) is 17.5. The molecule has 0 bridgehead atoms. The van der Waals surface area contributed by atoms with Gasteiger partial charge < -0.3 is 9.08 Å². The zero-order valence-electron chi connectivity index (χ0n) is 20.4. The summed E-state index contributed by atoms with van der Waals surface area (Å²) < 4.78 is 37.9. The molecule has 2 aromatic rings. The average Bonchev–Trinajstić information content (AvgIpc) is 2.88. The second kappa shape index (κ2) is 17.1. The van der Waals surface area contributed by atoms with Crippen LogP contribution >= 0.6 is 17.1 Å². The van der Waals surface area contributed by atoms with E-state index in [9.17, 15) is 12.5 Å². The van der Waals surface area contributed by atoms with Crippen LogP contribution in [-0.2, 0) is 31.5 Å². The van der Waals surface area contributed by atoms with Crippen LogP contribution < -0.4 is 14.4 Å². The van der Waals surface area contributed by atoms with E-state index in [0.717, 1.165) is 17.4 Å². The van der Waals surface area contributed by atoms with Crippen LogP contribution in [0, 0.1) is 11.9 Å². The quantitative estimate of drug-likeness (QED) is 0.134. The molecule has 0 heterocycles. The van der Waals surface area contributed by atoms with Gasteiger partial charge in [-0.3, -0.25) is 0 Å². The van der Waals surface area contributed by atoms with Gasteiger partial charge in [-0.25, -0.2) is 4.39 Å². The van der Waals surface area contributed by atoms with E-state index in [-0.39, 0.29) is 0 Å². The first-order valence-corrected chi connectivity index (χ1v) is 17.5. The molecule has 2 aromatic carbocycles. The average molecular weight is 728 g/mol. The van der Waals surface area contributed by atoms with Crippen molar-refractivity contribution in [3.05, 3.63) is 54.3 Å². The van der Waals surface area contributed by atoms with E-state index in [1.165, 1.54) is 82.0 Å². The van der Waals surface area contributed by atoms with E-state index in [1.54, 1.807) is 25.3 Å². The van der Waals surface area contributed by atoms with Gasteiger partial charge in [0.1, 0.15) is 5.30 Å². The first kappa shape index (κ1) is 30.7. The first-order chi connectivity index (χ1) is 17.0. The summed E-state index contributed by atoms with van der Waals surface area (Å²) in [7, 11) is 8.59. The Morgan fingerprint density at radius 2 is 1.51 bits per heavy atom. The number of hydrogen-bond donors (Lipinski definition) is 0. The number of anilines is 1. The van der Waals surface area contributed by atoms with Gasteiger partial charge in [0.15, 0.2) is 0 Å². The van der Waals surface area contributed by atoms with Gasteiger partial charge >= 0.3 is 40.6 Å². The maximum atomic E-state index is 12.5. The van der Waals surface area contributed by atoms with Crippen LogP contribution in [0.3, 0.4) is 0 Å². The van der Waals surface area contributed by atoms with E-state index in [4.69, 9.17) is 0 Å². The Labute approximate surface area is 229 Å². The van der Waals surface area contributed by atoms with Crippen LogP contribution in [0.4, 0.5) is 14.0 Å². The second-order valence-electron chi connectivity index (χ2n) is 9.16. The van der Waals surface area contributed by atoms with Crippen molar-refractivity contribution in [1.29, 1.82) is 0 Å². The van der Waals surface area contributed by atoms with Crippen molar-refractivity contribution in [2.24, 2.45) is 0 Å². The minimum atomic E-state index is -2.99. The van der Waals surface area contributed by atoms with E-state index in [1.807, 2.05) is 0 Å². The molecule has 4 rings (SSSR count). The van der Waals surface area contributed by atoms with Crippen LogP contribution in [-0.4, -0.2) is 29.6 Å². The Morgan fingerprint density at radius 1 is 0.971 bits per heavy atom. The van der Waals surface area contributed by atoms with Crippen LogP contribution in [0.5, 0.6) is 5.75 Å². The third-order valence-electron chi connectivity index (χ3n) is 6.71. The summed E-state index contributed by atoms with van der Waals surface area (Å²) in [5.41, 5.74) is 3.57. The Hall–Kier alpha value is -0.490. The van der Waals surface area contributed by atoms with Crippen LogP contribution in [0.2, 0.25) is 0 Å². The summed E-state index contributed by atoms with van der Waals surface area (Å²) >= 11 is -1.24. The summed E-state index contributed by atoms with van der Waals surface area (Å²) in [5.74, 6) is -1.27. The third-order valence-corrected chi connectivity index (χ3v) is 11.0. The molecule has 0 saturated heterocycles. The monoisotopic (exact) mass is 727 g/mol. The van der Waals surface area contributed by atoms with E-state index in [2.05, 4.69) is 62.7 Å². The van der Waals surface area contributed by atoms with Crippen LogP contribution in [0.1, 0.15) is 64.2 Å². The van der Waals surface area contributed by atoms with Gasteiger partial charge in [0.2, 0.25) is 0 Å². The van der Waals surface area contributed by atoms with Gasteiger partial charge in [-0.1, -0.05) is 28.9 Å². The van der Waals surface area contributed by atoms with Crippen molar-refractivity contribution >= 4 is 39.6 Å². The SMILES string of the molecule is CN(C)c1ccccc1[PH+](C1CCCCC1)C1CCCCC1.O=S(F)Oc1ccc[c-]c1F.[Cl][Au]. The van der Waals surface area contributed by atoms with Crippen molar-refractivity contribution in [1.82, 2.24) is 0 Å². The molecule has 0 N–H and O–H groups in total. The van der Waals surface area contributed by atoms with Crippen molar-refractivity contribution in [3.8, 4) is 5.75 Å². The van der Waals surface area contributed by atoms with Crippen molar-refractivity contribution in [3.63, 3.8) is 0 Å².